The summed E-state index contributed by atoms with van der Waals surface area (Å²) in [6.45, 7) is 7.55. The summed E-state index contributed by atoms with van der Waals surface area (Å²) in [6, 6.07) is 19.8. The van der Waals surface area contributed by atoms with Gasteiger partial charge in [0.2, 0.25) is 11.8 Å². The third-order valence-corrected chi connectivity index (χ3v) is 8.34. The first-order valence-electron chi connectivity index (χ1n) is 12.9. The zero-order chi connectivity index (χ0) is 28.6. The molecule has 1 atom stereocenters. The van der Waals surface area contributed by atoms with Crippen LogP contribution >= 0.6 is 0 Å². The summed E-state index contributed by atoms with van der Waals surface area (Å²) in [5, 5.41) is 2.85. The Kier molecular flexibility index (Phi) is 10.1. The molecule has 9 heteroatoms. The van der Waals surface area contributed by atoms with E-state index in [0.717, 1.165) is 27.4 Å². The number of nitrogens with zero attached hydrogens (tertiary/aromatic N) is 2. The van der Waals surface area contributed by atoms with Gasteiger partial charge in [-0.05, 0) is 62.6 Å². The van der Waals surface area contributed by atoms with Gasteiger partial charge in [-0.2, -0.15) is 0 Å². The van der Waals surface area contributed by atoms with Crippen LogP contribution in [0, 0.1) is 13.8 Å². The lowest BCUT2D eigenvalue weighted by atomic mass is 10.1. The molecule has 3 aromatic carbocycles. The van der Waals surface area contributed by atoms with E-state index >= 15 is 0 Å². The second-order valence-corrected chi connectivity index (χ2v) is 11.3. The van der Waals surface area contributed by atoms with Crippen LogP contribution < -0.4 is 14.4 Å². The molecule has 0 heterocycles. The van der Waals surface area contributed by atoms with Crippen molar-refractivity contribution in [2.45, 2.75) is 51.6 Å². The normalized spacial score (nSPS) is 11.9. The minimum absolute atomic E-state index is 0.0583. The number of sulfonamides is 1. The fourth-order valence-corrected chi connectivity index (χ4v) is 5.49. The molecule has 0 radical (unpaired) electrons. The SMILES string of the molecule is CCCNC(=O)[C@@H](C)N(Cc1ccccc1C)C(=O)CN(c1cccc(OC)c1)S(=O)(=O)c1ccc(C)cc1. The van der Waals surface area contributed by atoms with Crippen LogP contribution in [0.5, 0.6) is 5.75 Å². The number of anilines is 1. The van der Waals surface area contributed by atoms with Crippen molar-refractivity contribution < 1.29 is 22.7 Å². The van der Waals surface area contributed by atoms with Crippen molar-refractivity contribution >= 4 is 27.5 Å². The number of benzene rings is 3. The first kappa shape index (κ1) is 29.7. The maximum atomic E-state index is 14.0. The number of rotatable bonds is 12. The van der Waals surface area contributed by atoms with Crippen molar-refractivity contribution in [2.24, 2.45) is 0 Å². The third-order valence-electron chi connectivity index (χ3n) is 6.55. The number of carbonyl (C=O) groups is 2. The standard InChI is InChI=1S/C30H37N3O5S/c1-6-18-31-30(35)24(4)32(20-25-11-8-7-10-23(25)3)29(34)21-33(26-12-9-13-27(19-26)38-5)39(36,37)28-16-14-22(2)15-17-28/h7-17,19,24H,6,18,20-21H2,1-5H3,(H,31,35)/t24-/m1/s1. The lowest BCUT2D eigenvalue weighted by Crippen LogP contribution is -2.51. The number of nitrogens with one attached hydrogen (secondary N) is 1. The molecule has 39 heavy (non-hydrogen) atoms. The molecule has 3 aromatic rings. The molecule has 0 saturated heterocycles. The second kappa shape index (κ2) is 13.3. The van der Waals surface area contributed by atoms with E-state index in [1.165, 1.54) is 24.1 Å². The molecule has 0 aliphatic carbocycles. The number of hydrogen-bond acceptors (Lipinski definition) is 5. The maximum absolute atomic E-state index is 14.0. The number of carbonyl (C=O) groups excluding carboxylic acids is 2. The molecule has 8 nitrogen and oxygen atoms in total. The average Bonchev–Trinajstić information content (AvgIpc) is 2.93. The molecule has 1 N–H and O–H groups in total. The number of hydrogen-bond donors (Lipinski definition) is 1. The smallest absolute Gasteiger partial charge is 0.264 e. The Bertz CT molecular complexity index is 1390. The van der Waals surface area contributed by atoms with Crippen LogP contribution in [0.2, 0.25) is 0 Å². The van der Waals surface area contributed by atoms with Crippen LogP contribution in [0.1, 0.15) is 37.0 Å². The van der Waals surface area contributed by atoms with Crippen molar-refractivity contribution in [3.8, 4) is 5.75 Å². The summed E-state index contributed by atoms with van der Waals surface area (Å²) < 4.78 is 34.2. The van der Waals surface area contributed by atoms with Gasteiger partial charge in [0.25, 0.3) is 10.0 Å². The van der Waals surface area contributed by atoms with Gasteiger partial charge in [-0.25, -0.2) is 8.42 Å². The van der Waals surface area contributed by atoms with Crippen molar-refractivity contribution in [1.29, 1.82) is 0 Å². The van der Waals surface area contributed by atoms with E-state index < -0.39 is 28.5 Å². The molecule has 0 aromatic heterocycles. The molecule has 0 fully saturated rings. The van der Waals surface area contributed by atoms with E-state index in [-0.39, 0.29) is 23.0 Å². The molecular weight excluding hydrogens is 514 g/mol. The van der Waals surface area contributed by atoms with E-state index in [0.29, 0.717) is 12.3 Å². The fraction of sp³-hybridized carbons (Fsp3) is 0.333. The van der Waals surface area contributed by atoms with Gasteiger partial charge < -0.3 is 15.0 Å². The molecule has 0 aliphatic rings. The molecule has 2 amide bonds. The molecule has 0 spiro atoms. The lowest BCUT2D eigenvalue weighted by molar-refractivity contribution is -0.139. The van der Waals surface area contributed by atoms with Gasteiger partial charge in [-0.1, -0.05) is 55.0 Å². The highest BCUT2D eigenvalue weighted by molar-refractivity contribution is 7.92. The second-order valence-electron chi connectivity index (χ2n) is 9.44. The van der Waals surface area contributed by atoms with Crippen molar-refractivity contribution in [3.63, 3.8) is 0 Å². The van der Waals surface area contributed by atoms with Crippen LogP contribution in [0.25, 0.3) is 0 Å². The van der Waals surface area contributed by atoms with E-state index in [9.17, 15) is 18.0 Å². The zero-order valence-electron chi connectivity index (χ0n) is 23.2. The van der Waals surface area contributed by atoms with Gasteiger partial charge in [-0.15, -0.1) is 0 Å². The van der Waals surface area contributed by atoms with Gasteiger partial charge in [-0.3, -0.25) is 13.9 Å². The molecule has 0 saturated carbocycles. The summed E-state index contributed by atoms with van der Waals surface area (Å²) >= 11 is 0. The van der Waals surface area contributed by atoms with Crippen molar-refractivity contribution in [2.75, 3.05) is 24.5 Å². The van der Waals surface area contributed by atoms with E-state index in [1.807, 2.05) is 45.0 Å². The molecule has 0 bridgehead atoms. The third kappa shape index (κ3) is 7.38. The Balaban J connectivity index is 2.05. The summed E-state index contributed by atoms with van der Waals surface area (Å²) in [4.78, 5) is 28.4. The van der Waals surface area contributed by atoms with Crippen molar-refractivity contribution in [1.82, 2.24) is 10.2 Å². The minimum Gasteiger partial charge on any atom is -0.497 e. The average molecular weight is 552 g/mol. The first-order valence-corrected chi connectivity index (χ1v) is 14.4. The van der Waals surface area contributed by atoms with Gasteiger partial charge in [0.1, 0.15) is 18.3 Å². The number of ether oxygens (including phenoxy) is 1. The number of methoxy groups -OCH3 is 1. The van der Waals surface area contributed by atoms with E-state index in [1.54, 1.807) is 43.3 Å². The molecule has 0 aliphatic heterocycles. The van der Waals surface area contributed by atoms with Crippen LogP contribution in [-0.2, 0) is 26.2 Å². The van der Waals surface area contributed by atoms with Gasteiger partial charge in [0.15, 0.2) is 0 Å². The summed E-state index contributed by atoms with van der Waals surface area (Å²) in [7, 11) is -2.65. The van der Waals surface area contributed by atoms with E-state index in [2.05, 4.69) is 5.32 Å². The lowest BCUT2D eigenvalue weighted by Gasteiger charge is -2.32. The highest BCUT2D eigenvalue weighted by atomic mass is 32.2. The Morgan fingerprint density at radius 2 is 1.67 bits per heavy atom. The zero-order valence-corrected chi connectivity index (χ0v) is 24.0. The van der Waals surface area contributed by atoms with Gasteiger partial charge in [0.05, 0.1) is 17.7 Å². The number of aryl methyl sites for hydroxylation is 2. The minimum atomic E-state index is -4.14. The Labute approximate surface area is 231 Å². The summed E-state index contributed by atoms with van der Waals surface area (Å²) in [5.74, 6) is -0.350. The monoisotopic (exact) mass is 551 g/mol. The molecular formula is C30H37N3O5S. The van der Waals surface area contributed by atoms with Crippen molar-refractivity contribution in [3.05, 3.63) is 89.5 Å². The summed E-state index contributed by atoms with van der Waals surface area (Å²) in [5.41, 5.74) is 3.03. The maximum Gasteiger partial charge on any atom is 0.264 e. The fourth-order valence-electron chi connectivity index (χ4n) is 4.08. The molecule has 3 rings (SSSR count). The Hall–Kier alpha value is -3.85. The Morgan fingerprint density at radius 3 is 2.31 bits per heavy atom. The highest BCUT2D eigenvalue weighted by Gasteiger charge is 2.32. The Morgan fingerprint density at radius 1 is 0.974 bits per heavy atom. The highest BCUT2D eigenvalue weighted by Crippen LogP contribution is 2.28. The molecule has 0 unspecified atom stereocenters. The predicted octanol–water partition coefficient (Wildman–Crippen LogP) is 4.45. The van der Waals surface area contributed by atoms with Crippen LogP contribution in [0.4, 0.5) is 5.69 Å². The quantitative estimate of drug-likeness (QED) is 0.359. The van der Waals surface area contributed by atoms with E-state index in [4.69, 9.17) is 4.74 Å². The largest absolute Gasteiger partial charge is 0.497 e. The van der Waals surface area contributed by atoms with Crippen LogP contribution in [-0.4, -0.2) is 51.4 Å². The first-order chi connectivity index (χ1) is 18.6. The topological polar surface area (TPSA) is 96.0 Å². The predicted molar refractivity (Wildman–Crippen MR) is 153 cm³/mol. The molecule has 208 valence electrons. The van der Waals surface area contributed by atoms with Gasteiger partial charge in [0, 0.05) is 19.2 Å². The summed E-state index contributed by atoms with van der Waals surface area (Å²) in [6.07, 6.45) is 0.753. The van der Waals surface area contributed by atoms with Crippen LogP contribution in [0.15, 0.2) is 77.7 Å². The van der Waals surface area contributed by atoms with Gasteiger partial charge >= 0.3 is 0 Å². The van der Waals surface area contributed by atoms with Crippen LogP contribution in [0.3, 0.4) is 0 Å². The number of amides is 2.